The van der Waals surface area contributed by atoms with Gasteiger partial charge in [-0.2, -0.15) is 0 Å². The third-order valence-electron chi connectivity index (χ3n) is 4.11. The molecule has 1 amide bonds. The van der Waals surface area contributed by atoms with Crippen LogP contribution in [-0.4, -0.2) is 31.2 Å². The molecule has 4 aromatic rings. The Bertz CT molecular complexity index is 1140. The minimum atomic E-state index is -0.124. The number of aryl methyl sites for hydroxylation is 2. The number of para-hydroxylation sites is 1. The van der Waals surface area contributed by atoms with Gasteiger partial charge >= 0.3 is 0 Å². The summed E-state index contributed by atoms with van der Waals surface area (Å²) in [5, 5.41) is 11.8. The highest BCUT2D eigenvalue weighted by Crippen LogP contribution is 2.23. The molecule has 29 heavy (non-hydrogen) atoms. The molecule has 2 heterocycles. The molecule has 0 saturated carbocycles. The summed E-state index contributed by atoms with van der Waals surface area (Å²) < 4.78 is 7.60. The van der Waals surface area contributed by atoms with Gasteiger partial charge in [-0.1, -0.05) is 30.0 Å². The number of thioether (sulfide) groups is 1. The normalized spacial score (nSPS) is 10.8. The van der Waals surface area contributed by atoms with Crippen LogP contribution < -0.4 is 10.1 Å². The van der Waals surface area contributed by atoms with Crippen LogP contribution in [0.25, 0.3) is 5.78 Å². The summed E-state index contributed by atoms with van der Waals surface area (Å²) in [6.45, 7) is 3.88. The van der Waals surface area contributed by atoms with E-state index in [9.17, 15) is 4.79 Å². The van der Waals surface area contributed by atoms with E-state index in [1.54, 1.807) is 0 Å². The second kappa shape index (κ2) is 8.32. The molecule has 0 bridgehead atoms. The number of carbonyl (C=O) groups is 1. The molecule has 0 radical (unpaired) electrons. The van der Waals surface area contributed by atoms with Gasteiger partial charge in [0, 0.05) is 17.1 Å². The Hall–Kier alpha value is -3.39. The number of hydrogen-bond acceptors (Lipinski definition) is 6. The molecule has 0 aliphatic carbocycles. The van der Waals surface area contributed by atoms with E-state index in [4.69, 9.17) is 4.74 Å². The minimum absolute atomic E-state index is 0.124. The zero-order valence-corrected chi connectivity index (χ0v) is 16.8. The topological polar surface area (TPSA) is 81.4 Å². The van der Waals surface area contributed by atoms with Gasteiger partial charge in [0.25, 0.3) is 5.78 Å². The number of rotatable bonds is 6. The van der Waals surface area contributed by atoms with Crippen LogP contribution in [0.1, 0.15) is 11.4 Å². The quantitative estimate of drug-likeness (QED) is 0.483. The molecular weight excluding hydrogens is 386 g/mol. The zero-order valence-electron chi connectivity index (χ0n) is 16.0. The van der Waals surface area contributed by atoms with Gasteiger partial charge in [-0.15, -0.1) is 10.2 Å². The van der Waals surface area contributed by atoms with E-state index in [0.29, 0.717) is 22.4 Å². The number of carbonyl (C=O) groups excluding carboxylic acids is 1. The van der Waals surface area contributed by atoms with E-state index in [1.165, 1.54) is 11.8 Å². The summed E-state index contributed by atoms with van der Waals surface area (Å²) in [7, 11) is 0. The summed E-state index contributed by atoms with van der Waals surface area (Å²) in [5.41, 5.74) is 2.57. The predicted molar refractivity (Wildman–Crippen MR) is 113 cm³/mol. The Kier molecular flexibility index (Phi) is 5.44. The van der Waals surface area contributed by atoms with E-state index in [1.807, 2.05) is 78.9 Å². The number of nitrogens with one attached hydrogen (secondary N) is 1. The smallest absolute Gasteiger partial charge is 0.256 e. The van der Waals surface area contributed by atoms with Gasteiger partial charge in [0.1, 0.15) is 11.5 Å². The van der Waals surface area contributed by atoms with Gasteiger partial charge in [0.05, 0.1) is 5.75 Å². The Morgan fingerprint density at radius 1 is 1.03 bits per heavy atom. The van der Waals surface area contributed by atoms with Crippen molar-refractivity contribution >= 4 is 29.1 Å². The molecule has 7 nitrogen and oxygen atoms in total. The third kappa shape index (κ3) is 4.55. The van der Waals surface area contributed by atoms with E-state index < -0.39 is 0 Å². The largest absolute Gasteiger partial charge is 0.457 e. The van der Waals surface area contributed by atoms with Gasteiger partial charge in [-0.25, -0.2) is 4.98 Å². The molecule has 8 heteroatoms. The third-order valence-corrected chi connectivity index (χ3v) is 5.04. The number of nitrogens with zero attached hydrogens (tertiary/aromatic N) is 4. The lowest BCUT2D eigenvalue weighted by Gasteiger charge is -2.08. The number of anilines is 1. The average molecular weight is 405 g/mol. The predicted octanol–water partition coefficient (Wildman–Crippen LogP) is 4.26. The zero-order chi connectivity index (χ0) is 20.2. The number of fused-ring (bicyclic) bond motifs is 1. The first-order chi connectivity index (χ1) is 14.1. The van der Waals surface area contributed by atoms with E-state index >= 15 is 0 Å². The van der Waals surface area contributed by atoms with Crippen molar-refractivity contribution < 1.29 is 9.53 Å². The fraction of sp³-hybridized carbons (Fsp3) is 0.143. The van der Waals surface area contributed by atoms with Crippen LogP contribution in [0.4, 0.5) is 5.69 Å². The molecule has 0 unspecified atom stereocenters. The first-order valence-corrected chi connectivity index (χ1v) is 10.0. The summed E-state index contributed by atoms with van der Waals surface area (Å²) in [6, 6.07) is 18.8. The summed E-state index contributed by atoms with van der Waals surface area (Å²) >= 11 is 1.32. The van der Waals surface area contributed by atoms with Gasteiger partial charge < -0.3 is 10.1 Å². The number of hydrogen-bond donors (Lipinski definition) is 1. The van der Waals surface area contributed by atoms with Crippen LogP contribution in [0, 0.1) is 13.8 Å². The van der Waals surface area contributed by atoms with Crippen LogP contribution in [0.3, 0.4) is 0 Å². The highest BCUT2D eigenvalue weighted by atomic mass is 32.2. The summed E-state index contributed by atoms with van der Waals surface area (Å²) in [6.07, 6.45) is 0. The molecule has 2 aromatic carbocycles. The Morgan fingerprint density at radius 3 is 2.52 bits per heavy atom. The van der Waals surface area contributed by atoms with Gasteiger partial charge in [-0.3, -0.25) is 9.20 Å². The maximum Gasteiger partial charge on any atom is 0.256 e. The van der Waals surface area contributed by atoms with Crippen molar-refractivity contribution in [3.8, 4) is 11.5 Å². The van der Waals surface area contributed by atoms with Crippen LogP contribution in [0.5, 0.6) is 11.5 Å². The first kappa shape index (κ1) is 18.9. The SMILES string of the molecule is Cc1cc(C)n2c(SCC(=O)Nc3ccc(Oc4ccccc4)cc3)nnc2n1. The summed E-state index contributed by atoms with van der Waals surface area (Å²) in [5.74, 6) is 2.11. The van der Waals surface area contributed by atoms with Crippen LogP contribution in [0.15, 0.2) is 65.8 Å². The van der Waals surface area contributed by atoms with Gasteiger partial charge in [0.15, 0.2) is 5.16 Å². The Labute approximate surface area is 172 Å². The van der Waals surface area contributed by atoms with Gasteiger partial charge in [0.2, 0.25) is 5.91 Å². The standard InChI is InChI=1S/C21H19N5O2S/c1-14-12-15(2)26-20(22-14)24-25-21(26)29-13-19(27)23-16-8-10-18(11-9-16)28-17-6-4-3-5-7-17/h3-12H,13H2,1-2H3,(H,23,27). The Balaban J connectivity index is 1.35. The monoisotopic (exact) mass is 405 g/mol. The molecule has 0 spiro atoms. The molecular formula is C21H19N5O2S. The molecule has 1 N–H and O–H groups in total. The van der Waals surface area contributed by atoms with Crippen LogP contribution in [-0.2, 0) is 4.79 Å². The lowest BCUT2D eigenvalue weighted by Crippen LogP contribution is -2.14. The molecule has 0 saturated heterocycles. The molecule has 0 fully saturated rings. The van der Waals surface area contributed by atoms with Crippen molar-refractivity contribution in [2.24, 2.45) is 0 Å². The minimum Gasteiger partial charge on any atom is -0.457 e. The van der Waals surface area contributed by atoms with Crippen molar-refractivity contribution in [3.63, 3.8) is 0 Å². The number of aromatic nitrogens is 4. The molecule has 0 aliphatic heterocycles. The maximum atomic E-state index is 12.3. The van der Waals surface area contributed by atoms with Crippen LogP contribution in [0.2, 0.25) is 0 Å². The number of amides is 1. The van der Waals surface area contributed by atoms with E-state index in [2.05, 4.69) is 20.5 Å². The van der Waals surface area contributed by atoms with Crippen LogP contribution >= 0.6 is 11.8 Å². The molecule has 2 aromatic heterocycles. The molecule has 0 aliphatic rings. The fourth-order valence-corrected chi connectivity index (χ4v) is 3.64. The molecule has 0 atom stereocenters. The maximum absolute atomic E-state index is 12.3. The van der Waals surface area contributed by atoms with Crippen molar-refractivity contribution in [2.75, 3.05) is 11.1 Å². The van der Waals surface area contributed by atoms with Crippen molar-refractivity contribution in [1.29, 1.82) is 0 Å². The molecule has 4 rings (SSSR count). The van der Waals surface area contributed by atoms with Crippen molar-refractivity contribution in [1.82, 2.24) is 19.6 Å². The van der Waals surface area contributed by atoms with E-state index in [0.717, 1.165) is 17.1 Å². The average Bonchev–Trinajstić information content (AvgIpc) is 3.12. The highest BCUT2D eigenvalue weighted by Gasteiger charge is 2.12. The number of ether oxygens (including phenoxy) is 1. The first-order valence-electron chi connectivity index (χ1n) is 9.03. The Morgan fingerprint density at radius 2 is 1.76 bits per heavy atom. The van der Waals surface area contributed by atoms with Crippen molar-refractivity contribution in [2.45, 2.75) is 19.0 Å². The van der Waals surface area contributed by atoms with E-state index in [-0.39, 0.29) is 11.7 Å². The second-order valence-electron chi connectivity index (χ2n) is 6.43. The lowest BCUT2D eigenvalue weighted by molar-refractivity contribution is -0.113. The van der Waals surface area contributed by atoms with Gasteiger partial charge in [-0.05, 0) is 56.3 Å². The lowest BCUT2D eigenvalue weighted by atomic mass is 10.3. The molecule has 146 valence electrons. The second-order valence-corrected chi connectivity index (χ2v) is 7.38. The fourth-order valence-electron chi connectivity index (χ4n) is 2.85. The van der Waals surface area contributed by atoms with Crippen molar-refractivity contribution in [3.05, 3.63) is 72.1 Å². The number of benzene rings is 2. The summed E-state index contributed by atoms with van der Waals surface area (Å²) in [4.78, 5) is 16.7. The highest BCUT2D eigenvalue weighted by molar-refractivity contribution is 7.99.